The lowest BCUT2D eigenvalue weighted by Gasteiger charge is -2.27. The van der Waals surface area contributed by atoms with Crippen LogP contribution >= 0.6 is 11.6 Å². The Balaban J connectivity index is 1.25. The Morgan fingerprint density at radius 1 is 1.05 bits per heavy atom. The highest BCUT2D eigenvalue weighted by Gasteiger charge is 2.43. The van der Waals surface area contributed by atoms with Gasteiger partial charge in [-0.1, -0.05) is 54.1 Å². The van der Waals surface area contributed by atoms with E-state index >= 15 is 0 Å². The Hall–Kier alpha value is -3.65. The fourth-order valence-electron chi connectivity index (χ4n) is 7.14. The van der Waals surface area contributed by atoms with Gasteiger partial charge in [-0.3, -0.25) is 14.4 Å². The van der Waals surface area contributed by atoms with Gasteiger partial charge in [0, 0.05) is 72.9 Å². The number of aromatic nitrogens is 3. The number of aryl methyl sites for hydroxylation is 3. The molecule has 3 aromatic carbocycles. The van der Waals surface area contributed by atoms with Crippen LogP contribution in [0.2, 0.25) is 5.02 Å². The maximum absolute atomic E-state index is 12.9. The molecule has 2 atom stereocenters. The van der Waals surface area contributed by atoms with E-state index in [0.717, 1.165) is 101 Å². The highest BCUT2D eigenvalue weighted by atomic mass is 35.5. The Morgan fingerprint density at radius 2 is 1.88 bits per heavy atom. The number of aldehydes is 1. The summed E-state index contributed by atoms with van der Waals surface area (Å²) in [4.78, 5) is 15.5. The van der Waals surface area contributed by atoms with E-state index in [-0.39, 0.29) is 0 Å². The zero-order valence-electron chi connectivity index (χ0n) is 25.1. The molecular weight excluding hydrogens is 558 g/mol. The molecule has 1 N–H and O–H groups in total. The number of ether oxygens (including phenoxy) is 1. The van der Waals surface area contributed by atoms with Crippen LogP contribution in [0.1, 0.15) is 40.3 Å². The van der Waals surface area contributed by atoms with Crippen LogP contribution < -0.4 is 10.1 Å². The zero-order chi connectivity index (χ0) is 29.7. The predicted octanol–water partition coefficient (Wildman–Crippen LogP) is 6.34. The van der Waals surface area contributed by atoms with Crippen molar-refractivity contribution >= 4 is 39.6 Å². The number of halogens is 1. The number of nitrogens with one attached hydrogen (secondary N) is 1. The number of piperazine rings is 1. The van der Waals surface area contributed by atoms with Gasteiger partial charge in [0.15, 0.2) is 6.29 Å². The van der Waals surface area contributed by atoms with Crippen LogP contribution in [0.4, 0.5) is 0 Å². The van der Waals surface area contributed by atoms with Gasteiger partial charge >= 0.3 is 0 Å². The SMILES string of the molecule is Cc1nn(C)c(C)c1-c1c(Cl)ccc2c(CCCOc3cccc4ccccc34)c(C=O)n(CCN3CCNC4CC43)c12. The van der Waals surface area contributed by atoms with E-state index in [0.29, 0.717) is 23.7 Å². The van der Waals surface area contributed by atoms with Crippen LogP contribution in [0.3, 0.4) is 0 Å². The van der Waals surface area contributed by atoms with Gasteiger partial charge in [0.25, 0.3) is 0 Å². The smallest absolute Gasteiger partial charge is 0.166 e. The maximum atomic E-state index is 12.9. The second kappa shape index (κ2) is 11.5. The molecule has 2 unspecified atom stereocenters. The number of rotatable bonds is 10. The van der Waals surface area contributed by atoms with E-state index in [1.807, 2.05) is 49.0 Å². The van der Waals surface area contributed by atoms with Gasteiger partial charge in [-0.15, -0.1) is 0 Å². The minimum Gasteiger partial charge on any atom is -0.493 e. The fraction of sp³-hybridized carbons (Fsp3) is 0.371. The minimum atomic E-state index is 0.560. The van der Waals surface area contributed by atoms with Crippen LogP contribution in [0, 0.1) is 13.8 Å². The number of carbonyl (C=O) groups is 1. The molecule has 7 nitrogen and oxygen atoms in total. The quantitative estimate of drug-likeness (QED) is 0.151. The number of hydrogen-bond donors (Lipinski definition) is 1. The summed E-state index contributed by atoms with van der Waals surface area (Å²) in [5.74, 6) is 0.891. The summed E-state index contributed by atoms with van der Waals surface area (Å²) in [6, 6.07) is 19.7. The van der Waals surface area contributed by atoms with Crippen molar-refractivity contribution in [2.45, 2.75) is 51.7 Å². The molecule has 1 aliphatic carbocycles. The van der Waals surface area contributed by atoms with Crippen molar-refractivity contribution in [3.8, 4) is 16.9 Å². The van der Waals surface area contributed by atoms with Gasteiger partial charge < -0.3 is 14.6 Å². The monoisotopic (exact) mass is 595 g/mol. The van der Waals surface area contributed by atoms with Crippen LogP contribution in [0.5, 0.6) is 5.75 Å². The molecule has 2 fully saturated rings. The van der Waals surface area contributed by atoms with Crippen LogP contribution in [0.15, 0.2) is 54.6 Å². The largest absolute Gasteiger partial charge is 0.493 e. The van der Waals surface area contributed by atoms with Crippen molar-refractivity contribution < 1.29 is 9.53 Å². The molecule has 2 aliphatic rings. The molecule has 5 aromatic rings. The average molecular weight is 596 g/mol. The first-order chi connectivity index (χ1) is 21.0. The Bertz CT molecular complexity index is 1830. The van der Waals surface area contributed by atoms with Crippen LogP contribution in [0.25, 0.3) is 32.8 Å². The highest BCUT2D eigenvalue weighted by molar-refractivity contribution is 6.35. The number of benzene rings is 3. The standard InChI is InChI=1S/C35H38ClN5O2/c1-22-33(23(2)39(3)38-22)34-28(36)14-13-27-26(11-7-19-43-32-12-6-9-24-8-4-5-10-25(24)32)31(21-42)41(35(27)34)18-17-40-16-15-37-29-20-30(29)40/h4-6,8-10,12-14,21,29-30,37H,7,11,15-20H2,1-3H3. The molecular formula is C35H38ClN5O2. The third-order valence-corrected chi connectivity index (χ3v) is 9.73. The molecule has 0 spiro atoms. The van der Waals surface area contributed by atoms with E-state index in [1.165, 1.54) is 11.8 Å². The molecule has 222 valence electrons. The number of nitrogens with zero attached hydrogens (tertiary/aromatic N) is 4. The van der Waals surface area contributed by atoms with E-state index in [1.54, 1.807) is 0 Å². The maximum Gasteiger partial charge on any atom is 0.166 e. The summed E-state index contributed by atoms with van der Waals surface area (Å²) in [6.07, 6.45) is 3.76. The van der Waals surface area contributed by atoms with E-state index in [2.05, 4.69) is 46.0 Å². The average Bonchev–Trinajstić information content (AvgIpc) is 3.70. The third kappa shape index (κ3) is 5.03. The summed E-state index contributed by atoms with van der Waals surface area (Å²) < 4.78 is 10.4. The number of fused-ring (bicyclic) bond motifs is 3. The lowest BCUT2D eigenvalue weighted by molar-refractivity contribution is 0.111. The van der Waals surface area contributed by atoms with Crippen molar-refractivity contribution in [1.82, 2.24) is 24.6 Å². The van der Waals surface area contributed by atoms with Crippen molar-refractivity contribution in [1.29, 1.82) is 0 Å². The van der Waals surface area contributed by atoms with Gasteiger partial charge in [-0.2, -0.15) is 5.10 Å². The summed E-state index contributed by atoms with van der Waals surface area (Å²) in [5, 5.41) is 12.3. The molecule has 1 saturated carbocycles. The second-order valence-corrected chi connectivity index (χ2v) is 12.4. The van der Waals surface area contributed by atoms with E-state index in [4.69, 9.17) is 21.4 Å². The molecule has 43 heavy (non-hydrogen) atoms. The van der Waals surface area contributed by atoms with E-state index < -0.39 is 0 Å². The molecule has 3 heterocycles. The Kier molecular flexibility index (Phi) is 7.49. The molecule has 7 rings (SSSR count). The molecule has 1 saturated heterocycles. The molecule has 0 amide bonds. The predicted molar refractivity (Wildman–Crippen MR) is 174 cm³/mol. The van der Waals surface area contributed by atoms with Gasteiger partial charge in [-0.25, -0.2) is 0 Å². The Labute approximate surface area is 257 Å². The topological polar surface area (TPSA) is 64.3 Å². The summed E-state index contributed by atoms with van der Waals surface area (Å²) in [6.45, 7) is 8.35. The van der Waals surface area contributed by atoms with Crippen molar-refractivity contribution in [2.75, 3.05) is 26.2 Å². The molecule has 2 aromatic heterocycles. The molecule has 0 bridgehead atoms. The van der Waals surface area contributed by atoms with E-state index in [9.17, 15) is 4.79 Å². The molecule has 0 radical (unpaired) electrons. The van der Waals surface area contributed by atoms with Crippen molar-refractivity contribution in [2.24, 2.45) is 7.05 Å². The fourth-order valence-corrected chi connectivity index (χ4v) is 7.38. The third-order valence-electron chi connectivity index (χ3n) is 9.41. The first kappa shape index (κ1) is 28.1. The molecule has 1 aliphatic heterocycles. The van der Waals surface area contributed by atoms with Crippen LogP contribution in [-0.2, 0) is 20.0 Å². The number of hydrogen-bond acceptors (Lipinski definition) is 5. The highest BCUT2D eigenvalue weighted by Crippen LogP contribution is 2.42. The van der Waals surface area contributed by atoms with Gasteiger partial charge in [0.2, 0.25) is 0 Å². The minimum absolute atomic E-state index is 0.560. The van der Waals surface area contributed by atoms with Gasteiger partial charge in [0.1, 0.15) is 5.75 Å². The number of carbonyl (C=O) groups excluding carboxylic acids is 1. The first-order valence-corrected chi connectivity index (χ1v) is 15.7. The second-order valence-electron chi connectivity index (χ2n) is 12.0. The summed E-state index contributed by atoms with van der Waals surface area (Å²) in [5.41, 5.74) is 6.83. The van der Waals surface area contributed by atoms with Gasteiger partial charge in [0.05, 0.1) is 28.5 Å². The molecule has 8 heteroatoms. The lowest BCUT2D eigenvalue weighted by Crippen LogP contribution is -2.44. The summed E-state index contributed by atoms with van der Waals surface area (Å²) in [7, 11) is 1.97. The lowest BCUT2D eigenvalue weighted by atomic mass is 9.98. The van der Waals surface area contributed by atoms with Crippen LogP contribution in [-0.4, -0.2) is 63.9 Å². The van der Waals surface area contributed by atoms with Gasteiger partial charge in [-0.05, 0) is 56.2 Å². The van der Waals surface area contributed by atoms with Crippen molar-refractivity contribution in [3.05, 3.63) is 82.3 Å². The Morgan fingerprint density at radius 3 is 2.70 bits per heavy atom. The summed E-state index contributed by atoms with van der Waals surface area (Å²) >= 11 is 7.01. The normalized spacial score (nSPS) is 18.3. The first-order valence-electron chi connectivity index (χ1n) is 15.3. The van der Waals surface area contributed by atoms with Crippen molar-refractivity contribution in [3.63, 3.8) is 0 Å². The zero-order valence-corrected chi connectivity index (χ0v) is 25.8.